The van der Waals surface area contributed by atoms with Gasteiger partial charge >= 0.3 is 5.97 Å². The molecule has 0 saturated heterocycles. The van der Waals surface area contributed by atoms with E-state index >= 15 is 0 Å². The van der Waals surface area contributed by atoms with E-state index in [9.17, 15) is 9.59 Å². The number of fused-ring (bicyclic) bond motifs is 1. The number of thioether (sulfide) groups is 1. The van der Waals surface area contributed by atoms with Gasteiger partial charge < -0.3 is 10.4 Å². The Bertz CT molecular complexity index is 1040. The van der Waals surface area contributed by atoms with E-state index in [1.807, 2.05) is 6.07 Å². The molecule has 142 valence electrons. The van der Waals surface area contributed by atoms with Crippen molar-refractivity contribution in [1.29, 1.82) is 0 Å². The molecule has 0 atom stereocenters. The molecule has 9 heteroatoms. The molecule has 0 aliphatic rings. The van der Waals surface area contributed by atoms with Gasteiger partial charge in [-0.15, -0.1) is 22.0 Å². The van der Waals surface area contributed by atoms with Crippen LogP contribution in [0.3, 0.4) is 0 Å². The van der Waals surface area contributed by atoms with Crippen LogP contribution in [0.5, 0.6) is 0 Å². The van der Waals surface area contributed by atoms with Crippen molar-refractivity contribution in [2.45, 2.75) is 6.42 Å². The number of aromatic nitrogens is 3. The van der Waals surface area contributed by atoms with Crippen molar-refractivity contribution >= 4 is 51.8 Å². The zero-order chi connectivity index (χ0) is 19.9. The summed E-state index contributed by atoms with van der Waals surface area (Å²) in [4.78, 5) is 27.5. The zero-order valence-corrected chi connectivity index (χ0v) is 16.1. The molecule has 0 unspecified atom stereocenters. The minimum atomic E-state index is -0.943. The van der Waals surface area contributed by atoms with Crippen LogP contribution in [0.15, 0.2) is 53.9 Å². The second kappa shape index (κ2) is 9.29. The van der Waals surface area contributed by atoms with Gasteiger partial charge in [-0.05, 0) is 40.8 Å². The summed E-state index contributed by atoms with van der Waals surface area (Å²) in [5.41, 5.74) is 2.57. The van der Waals surface area contributed by atoms with E-state index in [-0.39, 0.29) is 18.1 Å². The van der Waals surface area contributed by atoms with Crippen molar-refractivity contribution in [1.82, 2.24) is 20.5 Å². The molecule has 0 fully saturated rings. The number of nitrogens with zero attached hydrogens (tertiary/aromatic N) is 3. The monoisotopic (exact) mass is 414 g/mol. The Morgan fingerprint density at radius 3 is 2.50 bits per heavy atom. The maximum absolute atomic E-state index is 12.2. The summed E-state index contributed by atoms with van der Waals surface area (Å²) in [5, 5.41) is 21.9. The predicted molar refractivity (Wildman–Crippen MR) is 109 cm³/mol. The topological polar surface area (TPSA) is 105 Å². The number of carboxylic acid groups (broad SMARTS) is 1. The lowest BCUT2D eigenvalue weighted by Gasteiger charge is -2.07. The third kappa shape index (κ3) is 5.28. The van der Waals surface area contributed by atoms with Gasteiger partial charge in [-0.25, -0.2) is 4.98 Å². The number of benzene rings is 2. The van der Waals surface area contributed by atoms with Gasteiger partial charge in [0.15, 0.2) is 0 Å². The second-order valence-corrected chi connectivity index (χ2v) is 6.96. The lowest BCUT2D eigenvalue weighted by Crippen LogP contribution is -2.25. The molecule has 0 spiro atoms. The first-order chi connectivity index (χ1) is 13.5. The molecule has 1 amide bonds. The van der Waals surface area contributed by atoms with Gasteiger partial charge in [0.05, 0.1) is 17.8 Å². The van der Waals surface area contributed by atoms with Gasteiger partial charge in [0.1, 0.15) is 5.52 Å². The van der Waals surface area contributed by atoms with E-state index in [0.29, 0.717) is 21.6 Å². The standard InChI is InChI=1S/C19H15ClN4O3S/c20-14-7-5-12(6-8-14)13(9-17(25)26)10-28-11-21-19(27)18-22-15-3-1-2-4-16(15)23-24-18/h1-8,10H,9,11H2,(H,21,27)(H,25,26). The van der Waals surface area contributed by atoms with Gasteiger partial charge in [0, 0.05) is 5.02 Å². The average molecular weight is 415 g/mol. The molecular weight excluding hydrogens is 400 g/mol. The number of hydrogen-bond acceptors (Lipinski definition) is 6. The van der Waals surface area contributed by atoms with Gasteiger partial charge in [-0.1, -0.05) is 35.9 Å². The summed E-state index contributed by atoms with van der Waals surface area (Å²) >= 11 is 7.14. The number of para-hydroxylation sites is 1. The van der Waals surface area contributed by atoms with Crippen molar-refractivity contribution in [3.63, 3.8) is 0 Å². The van der Waals surface area contributed by atoms with Crippen molar-refractivity contribution in [2.24, 2.45) is 0 Å². The lowest BCUT2D eigenvalue weighted by molar-refractivity contribution is -0.135. The number of carbonyl (C=O) groups excluding carboxylic acids is 1. The van der Waals surface area contributed by atoms with Crippen molar-refractivity contribution in [3.8, 4) is 0 Å². The molecule has 1 heterocycles. The summed E-state index contributed by atoms with van der Waals surface area (Å²) in [6.45, 7) is 0. The summed E-state index contributed by atoms with van der Waals surface area (Å²) in [7, 11) is 0. The molecule has 0 aliphatic carbocycles. The maximum atomic E-state index is 12.2. The summed E-state index contributed by atoms with van der Waals surface area (Å²) in [6.07, 6.45) is -0.139. The van der Waals surface area contributed by atoms with E-state index in [1.54, 1.807) is 47.9 Å². The molecular formula is C19H15ClN4O3S. The van der Waals surface area contributed by atoms with Crippen LogP contribution in [0, 0.1) is 0 Å². The SMILES string of the molecule is O=C(O)CC(=CSCNC(=O)c1nnc2ccccc2n1)c1ccc(Cl)cc1. The van der Waals surface area contributed by atoms with Crippen molar-refractivity contribution in [3.05, 3.63) is 70.3 Å². The molecule has 28 heavy (non-hydrogen) atoms. The third-order valence-corrected chi connectivity index (χ3v) is 4.68. The summed E-state index contributed by atoms with van der Waals surface area (Å²) < 4.78 is 0. The van der Waals surface area contributed by atoms with E-state index in [1.165, 1.54) is 11.8 Å². The Hall–Kier alpha value is -2.97. The van der Waals surface area contributed by atoms with Crippen LogP contribution < -0.4 is 5.32 Å². The largest absolute Gasteiger partial charge is 0.481 e. The van der Waals surface area contributed by atoms with Crippen LogP contribution in [0.1, 0.15) is 22.6 Å². The van der Waals surface area contributed by atoms with Crippen molar-refractivity contribution in [2.75, 3.05) is 5.88 Å². The molecule has 3 rings (SSSR count). The fourth-order valence-corrected chi connectivity index (χ4v) is 3.19. The average Bonchev–Trinajstić information content (AvgIpc) is 2.70. The smallest absolute Gasteiger partial charge is 0.307 e. The molecule has 1 aromatic heterocycles. The highest BCUT2D eigenvalue weighted by Gasteiger charge is 2.11. The number of hydrogen-bond donors (Lipinski definition) is 2. The van der Waals surface area contributed by atoms with Gasteiger partial charge in [-0.3, -0.25) is 9.59 Å². The fraction of sp³-hybridized carbons (Fsp3) is 0.105. The van der Waals surface area contributed by atoms with E-state index in [4.69, 9.17) is 16.7 Å². The van der Waals surface area contributed by atoms with Crippen molar-refractivity contribution < 1.29 is 14.7 Å². The predicted octanol–water partition coefficient (Wildman–Crippen LogP) is 3.61. The number of aliphatic carboxylic acids is 1. The number of nitrogens with one attached hydrogen (secondary N) is 1. The first-order valence-corrected chi connectivity index (χ1v) is 9.61. The van der Waals surface area contributed by atoms with Crippen LogP contribution in [0.4, 0.5) is 0 Å². The Labute approximate surface area is 169 Å². The molecule has 7 nitrogen and oxygen atoms in total. The summed E-state index contributed by atoms with van der Waals surface area (Å²) in [6, 6.07) is 14.0. The quantitative estimate of drug-likeness (QED) is 0.449. The highest BCUT2D eigenvalue weighted by molar-refractivity contribution is 8.02. The first-order valence-electron chi connectivity index (χ1n) is 8.19. The van der Waals surface area contributed by atoms with Gasteiger partial charge in [0.25, 0.3) is 5.91 Å². The molecule has 3 aromatic rings. The minimum absolute atomic E-state index is 0.0215. The maximum Gasteiger partial charge on any atom is 0.307 e. The molecule has 0 bridgehead atoms. The second-order valence-electron chi connectivity index (χ2n) is 5.66. The van der Waals surface area contributed by atoms with Crippen LogP contribution in [0.25, 0.3) is 16.6 Å². The molecule has 2 aromatic carbocycles. The van der Waals surface area contributed by atoms with Crippen LogP contribution in [-0.2, 0) is 4.79 Å². The third-order valence-electron chi connectivity index (χ3n) is 3.66. The number of amides is 1. The first kappa shape index (κ1) is 19.8. The van der Waals surface area contributed by atoms with Crippen LogP contribution in [-0.4, -0.2) is 38.0 Å². The molecule has 0 aliphatic heterocycles. The fourth-order valence-electron chi connectivity index (χ4n) is 2.34. The van der Waals surface area contributed by atoms with Gasteiger partial charge in [0.2, 0.25) is 5.82 Å². The highest BCUT2D eigenvalue weighted by Crippen LogP contribution is 2.23. The Morgan fingerprint density at radius 1 is 1.07 bits per heavy atom. The highest BCUT2D eigenvalue weighted by atomic mass is 35.5. The van der Waals surface area contributed by atoms with Gasteiger partial charge in [-0.2, -0.15) is 0 Å². The Morgan fingerprint density at radius 2 is 1.79 bits per heavy atom. The number of carbonyl (C=O) groups is 2. The molecule has 0 saturated carbocycles. The lowest BCUT2D eigenvalue weighted by atomic mass is 10.1. The van der Waals surface area contributed by atoms with Crippen LogP contribution >= 0.6 is 23.4 Å². The molecule has 0 radical (unpaired) electrons. The molecule has 2 N–H and O–H groups in total. The van der Waals surface area contributed by atoms with E-state index in [0.717, 1.165) is 5.56 Å². The summed E-state index contributed by atoms with van der Waals surface area (Å²) in [5.74, 6) is -1.19. The normalized spacial score (nSPS) is 11.4. The minimum Gasteiger partial charge on any atom is -0.481 e. The number of rotatable bonds is 7. The zero-order valence-electron chi connectivity index (χ0n) is 14.5. The number of halogens is 1. The Kier molecular flexibility index (Phi) is 6.57. The number of carboxylic acids is 1. The van der Waals surface area contributed by atoms with E-state index in [2.05, 4.69) is 20.5 Å². The van der Waals surface area contributed by atoms with Crippen LogP contribution in [0.2, 0.25) is 5.02 Å². The Balaban J connectivity index is 1.63. The van der Waals surface area contributed by atoms with E-state index < -0.39 is 11.9 Å².